The standard InChI is InChI=1S/C33H60O13S2Si2/c1-18(34)39-16-22-24(40-19(2)35)26(41-20(3)36)29(42-21(4)37)31(43-22)48-17-23(47)25-27(45-49(12,13)32(5,6)7)28(30(38-11)44-25)46-50(14,15)33(8,9)10/h22-31,47H,16-17H2,1-15H3/t22-,23-,24+,25+,26+,27+,28-,29-,30-,31+/m1/s1. The molecular weight excluding hydrogens is 725 g/mol. The van der Waals surface area contributed by atoms with Crippen molar-refractivity contribution in [1.82, 2.24) is 0 Å². The van der Waals surface area contributed by atoms with Crippen LogP contribution < -0.4 is 0 Å². The third kappa shape index (κ3) is 11.9. The van der Waals surface area contributed by atoms with Gasteiger partial charge in [0, 0.05) is 45.8 Å². The molecule has 0 aliphatic carbocycles. The molecule has 290 valence electrons. The van der Waals surface area contributed by atoms with Crippen LogP contribution in [0.2, 0.25) is 36.3 Å². The largest absolute Gasteiger partial charge is 0.463 e. The summed E-state index contributed by atoms with van der Waals surface area (Å²) < 4.78 is 54.7. The molecule has 0 amide bonds. The zero-order valence-electron chi connectivity index (χ0n) is 32.4. The molecule has 0 saturated carbocycles. The van der Waals surface area contributed by atoms with Gasteiger partial charge in [0.2, 0.25) is 0 Å². The van der Waals surface area contributed by atoms with E-state index in [4.69, 9.17) is 54.6 Å². The van der Waals surface area contributed by atoms with Crippen molar-refractivity contribution in [3.63, 3.8) is 0 Å². The molecule has 2 saturated heterocycles. The molecule has 0 N–H and O–H groups in total. The van der Waals surface area contributed by atoms with E-state index >= 15 is 0 Å². The predicted molar refractivity (Wildman–Crippen MR) is 197 cm³/mol. The fourth-order valence-electron chi connectivity index (χ4n) is 5.05. The van der Waals surface area contributed by atoms with Gasteiger partial charge < -0.3 is 42.0 Å². The fraction of sp³-hybridized carbons (Fsp3) is 0.879. The molecule has 0 aromatic heterocycles. The molecule has 2 heterocycles. The van der Waals surface area contributed by atoms with Crippen LogP contribution in [0.1, 0.15) is 69.2 Å². The Hall–Kier alpha value is -1.19. The number of hydrogen-bond donors (Lipinski definition) is 1. The van der Waals surface area contributed by atoms with Gasteiger partial charge in [-0.25, -0.2) is 0 Å². The number of ether oxygens (including phenoxy) is 7. The van der Waals surface area contributed by atoms with Crippen molar-refractivity contribution >= 4 is 64.9 Å². The number of rotatable bonds is 14. The lowest BCUT2D eigenvalue weighted by atomic mass is 9.99. The second kappa shape index (κ2) is 17.8. The number of carbonyl (C=O) groups excluding carboxylic acids is 4. The van der Waals surface area contributed by atoms with Crippen LogP contribution in [-0.4, -0.2) is 120 Å². The summed E-state index contributed by atoms with van der Waals surface area (Å²) in [4.78, 5) is 48.5. The average Bonchev–Trinajstić information content (AvgIpc) is 3.26. The summed E-state index contributed by atoms with van der Waals surface area (Å²) >= 11 is 6.27. The highest BCUT2D eigenvalue weighted by Crippen LogP contribution is 2.45. The Labute approximate surface area is 309 Å². The van der Waals surface area contributed by atoms with Crippen LogP contribution in [0.4, 0.5) is 0 Å². The maximum atomic E-state index is 12.3. The van der Waals surface area contributed by atoms with Gasteiger partial charge in [0.25, 0.3) is 0 Å². The Morgan fingerprint density at radius 3 is 1.60 bits per heavy atom. The van der Waals surface area contributed by atoms with Gasteiger partial charge in [-0.15, -0.1) is 11.8 Å². The monoisotopic (exact) mass is 784 g/mol. The summed E-state index contributed by atoms with van der Waals surface area (Å²) in [5.41, 5.74) is -0.955. The molecule has 0 spiro atoms. The minimum Gasteiger partial charge on any atom is -0.463 e. The third-order valence-electron chi connectivity index (χ3n) is 9.67. The van der Waals surface area contributed by atoms with Crippen molar-refractivity contribution in [2.75, 3.05) is 19.5 Å². The van der Waals surface area contributed by atoms with E-state index in [1.54, 1.807) is 7.11 Å². The summed E-state index contributed by atoms with van der Waals surface area (Å²) in [7, 11) is -3.12. The minimum absolute atomic E-state index is 0.0870. The molecule has 17 heteroatoms. The van der Waals surface area contributed by atoms with E-state index in [1.807, 2.05) is 0 Å². The topological polar surface area (TPSA) is 151 Å². The van der Waals surface area contributed by atoms with Gasteiger partial charge in [-0.1, -0.05) is 41.5 Å². The quantitative estimate of drug-likeness (QED) is 0.106. The van der Waals surface area contributed by atoms with Gasteiger partial charge in [-0.2, -0.15) is 12.6 Å². The molecule has 2 aliphatic rings. The molecule has 2 rings (SSSR count). The van der Waals surface area contributed by atoms with Crippen molar-refractivity contribution in [1.29, 1.82) is 0 Å². The molecule has 13 nitrogen and oxygen atoms in total. The van der Waals surface area contributed by atoms with Gasteiger partial charge in [-0.05, 0) is 36.3 Å². The minimum atomic E-state index is -2.38. The molecular formula is C33H60O13S2Si2. The van der Waals surface area contributed by atoms with Crippen molar-refractivity contribution in [3.05, 3.63) is 0 Å². The number of carbonyl (C=O) groups is 4. The molecule has 2 aliphatic heterocycles. The number of hydrogen-bond acceptors (Lipinski definition) is 15. The fourth-order valence-corrected chi connectivity index (χ4v) is 9.33. The summed E-state index contributed by atoms with van der Waals surface area (Å²) in [5.74, 6) is -2.37. The highest BCUT2D eigenvalue weighted by molar-refractivity contribution is 8.00. The average molecular weight is 785 g/mol. The van der Waals surface area contributed by atoms with Gasteiger partial charge >= 0.3 is 23.9 Å². The lowest BCUT2D eigenvalue weighted by molar-refractivity contribution is -0.237. The second-order valence-electron chi connectivity index (χ2n) is 15.9. The molecule has 0 unspecified atom stereocenters. The SMILES string of the molecule is CO[C@@H]1O[C@@H]([C@H](S)CS[C@@H]2O[C@H](COC(C)=O)[C@H](OC(C)=O)[C@H](OC(C)=O)[C@H]2OC(C)=O)[C@H](O[Si](C)(C)C(C)(C)C)[C@H]1O[Si](C)(C)C(C)(C)C. The Kier molecular flexibility index (Phi) is 16.0. The summed E-state index contributed by atoms with van der Waals surface area (Å²) in [6.07, 6.45) is -7.07. The maximum Gasteiger partial charge on any atom is 0.303 e. The lowest BCUT2D eigenvalue weighted by Crippen LogP contribution is -2.61. The molecule has 0 bridgehead atoms. The summed E-state index contributed by atoms with van der Waals surface area (Å²) in [6, 6.07) is 0. The van der Waals surface area contributed by atoms with E-state index in [-0.39, 0.29) is 22.4 Å². The number of esters is 4. The number of thioether (sulfide) groups is 1. The highest BCUT2D eigenvalue weighted by Gasteiger charge is 2.56. The molecule has 0 aromatic rings. The van der Waals surface area contributed by atoms with E-state index in [0.717, 1.165) is 0 Å². The first-order valence-electron chi connectivity index (χ1n) is 16.9. The molecule has 0 radical (unpaired) electrons. The Morgan fingerprint density at radius 1 is 0.700 bits per heavy atom. The predicted octanol–water partition coefficient (Wildman–Crippen LogP) is 5.25. The van der Waals surface area contributed by atoms with Crippen LogP contribution in [0.25, 0.3) is 0 Å². The molecule has 50 heavy (non-hydrogen) atoms. The van der Waals surface area contributed by atoms with E-state index in [9.17, 15) is 19.2 Å². The first-order valence-corrected chi connectivity index (χ1v) is 24.2. The summed E-state index contributed by atoms with van der Waals surface area (Å²) in [6.45, 7) is 26.2. The van der Waals surface area contributed by atoms with Gasteiger partial charge in [0.05, 0.1) is 0 Å². The van der Waals surface area contributed by atoms with Gasteiger partial charge in [0.15, 0.2) is 41.2 Å². The zero-order chi connectivity index (χ0) is 38.6. The first-order chi connectivity index (χ1) is 22.7. The maximum absolute atomic E-state index is 12.3. The number of thiol groups is 1. The summed E-state index contributed by atoms with van der Waals surface area (Å²) in [5, 5.41) is -0.678. The zero-order valence-corrected chi connectivity index (χ0v) is 36.1. The number of methoxy groups -OCH3 is 1. The van der Waals surface area contributed by atoms with Crippen LogP contribution in [0.5, 0.6) is 0 Å². The smallest absolute Gasteiger partial charge is 0.303 e. The van der Waals surface area contributed by atoms with Crippen LogP contribution in [0.3, 0.4) is 0 Å². The van der Waals surface area contributed by atoms with Gasteiger partial charge in [0.1, 0.15) is 36.5 Å². The highest BCUT2D eigenvalue weighted by atomic mass is 32.2. The van der Waals surface area contributed by atoms with Gasteiger partial charge in [-0.3, -0.25) is 19.2 Å². The van der Waals surface area contributed by atoms with Crippen molar-refractivity contribution in [3.8, 4) is 0 Å². The van der Waals surface area contributed by atoms with Crippen molar-refractivity contribution in [2.45, 2.75) is 165 Å². The first kappa shape index (κ1) is 45.0. The van der Waals surface area contributed by atoms with Crippen LogP contribution in [-0.2, 0) is 61.2 Å². The second-order valence-corrected chi connectivity index (χ2v) is 27.2. The Balaban J connectivity index is 2.51. The van der Waals surface area contributed by atoms with Crippen molar-refractivity contribution < 1.29 is 61.2 Å². The molecule has 10 atom stereocenters. The van der Waals surface area contributed by atoms with E-state index in [0.29, 0.717) is 0 Å². The molecule has 0 aromatic carbocycles. The lowest BCUT2D eigenvalue weighted by Gasteiger charge is -2.45. The third-order valence-corrected chi connectivity index (χ3v) is 20.6. The van der Waals surface area contributed by atoms with E-state index in [1.165, 1.54) is 39.5 Å². The normalized spacial score (nSPS) is 30.0. The van der Waals surface area contributed by atoms with Crippen LogP contribution in [0.15, 0.2) is 0 Å². The Morgan fingerprint density at radius 2 is 1.16 bits per heavy atom. The van der Waals surface area contributed by atoms with E-state index < -0.39 is 100 Å². The van der Waals surface area contributed by atoms with Crippen molar-refractivity contribution in [2.24, 2.45) is 0 Å². The van der Waals surface area contributed by atoms with E-state index in [2.05, 4.69) is 67.7 Å². The van der Waals surface area contributed by atoms with Crippen LogP contribution >= 0.6 is 24.4 Å². The Bertz CT molecular complexity index is 1190. The van der Waals surface area contributed by atoms with Crippen LogP contribution in [0, 0.1) is 0 Å². The molecule has 2 fully saturated rings.